The van der Waals surface area contributed by atoms with Crippen molar-refractivity contribution in [2.45, 2.75) is 25.9 Å². The summed E-state index contributed by atoms with van der Waals surface area (Å²) in [4.78, 5) is 0. The monoisotopic (exact) mass is 387 g/mol. The Bertz CT molecular complexity index is 497. The van der Waals surface area contributed by atoms with Crippen molar-refractivity contribution in [1.82, 2.24) is 5.32 Å². The Labute approximate surface area is 129 Å². The van der Waals surface area contributed by atoms with Crippen molar-refractivity contribution in [3.63, 3.8) is 0 Å². The van der Waals surface area contributed by atoms with Gasteiger partial charge in [0.15, 0.2) is 0 Å². The summed E-state index contributed by atoms with van der Waals surface area (Å²) in [6, 6.07) is 9.04. The minimum absolute atomic E-state index is 0.488. The van der Waals surface area contributed by atoms with Crippen LogP contribution in [0.15, 0.2) is 44.0 Å². The molecule has 1 unspecified atom stereocenters. The molecule has 2 aromatic rings. The third kappa shape index (κ3) is 4.19. The predicted octanol–water partition coefficient (Wildman–Crippen LogP) is 4.99. The first-order valence-corrected chi connectivity index (χ1v) is 8.36. The molecule has 0 saturated heterocycles. The van der Waals surface area contributed by atoms with E-state index in [1.807, 2.05) is 0 Å². The maximum absolute atomic E-state index is 3.55. The lowest BCUT2D eigenvalue weighted by Gasteiger charge is -2.13. The molecule has 1 aromatic carbocycles. The Morgan fingerprint density at radius 3 is 2.67 bits per heavy atom. The van der Waals surface area contributed by atoms with Gasteiger partial charge in [0.25, 0.3) is 0 Å². The molecule has 0 aliphatic heterocycles. The molecule has 0 amide bonds. The van der Waals surface area contributed by atoms with Crippen molar-refractivity contribution in [2.75, 3.05) is 0 Å². The molecule has 96 valence electrons. The summed E-state index contributed by atoms with van der Waals surface area (Å²) >= 11 is 8.77. The van der Waals surface area contributed by atoms with Crippen LogP contribution in [0.3, 0.4) is 0 Å². The van der Waals surface area contributed by atoms with Crippen LogP contribution in [0.25, 0.3) is 0 Å². The fourth-order valence-electron chi connectivity index (χ4n) is 1.78. The third-order valence-electron chi connectivity index (χ3n) is 2.76. The van der Waals surface area contributed by atoms with Crippen LogP contribution >= 0.6 is 43.2 Å². The average Bonchev–Trinajstić information content (AvgIpc) is 2.83. The number of hydrogen-bond acceptors (Lipinski definition) is 2. The topological polar surface area (TPSA) is 12.0 Å². The Morgan fingerprint density at radius 2 is 2.00 bits per heavy atom. The summed E-state index contributed by atoms with van der Waals surface area (Å²) in [5.41, 5.74) is 2.71. The molecule has 1 N–H and O–H groups in total. The standard InChI is InChI=1S/C14H15Br2NS/c1-10(6-12-4-5-18-9-12)17-8-11-2-3-13(15)14(16)7-11/h2-5,7,9-10,17H,6,8H2,1H3. The fourth-order valence-corrected chi connectivity index (χ4v) is 3.13. The molecule has 1 heterocycles. The van der Waals surface area contributed by atoms with E-state index in [-0.39, 0.29) is 0 Å². The summed E-state index contributed by atoms with van der Waals surface area (Å²) in [5.74, 6) is 0. The van der Waals surface area contributed by atoms with Gasteiger partial charge in [0.05, 0.1) is 0 Å². The second kappa shape index (κ2) is 6.85. The van der Waals surface area contributed by atoms with Crippen molar-refractivity contribution < 1.29 is 0 Å². The van der Waals surface area contributed by atoms with Crippen LogP contribution in [-0.4, -0.2) is 6.04 Å². The lowest BCUT2D eigenvalue weighted by atomic mass is 10.1. The first kappa shape index (κ1) is 14.3. The lowest BCUT2D eigenvalue weighted by molar-refractivity contribution is 0.546. The van der Waals surface area contributed by atoms with E-state index < -0.39 is 0 Å². The molecule has 0 bridgehead atoms. The van der Waals surface area contributed by atoms with Gasteiger partial charge in [-0.1, -0.05) is 6.07 Å². The van der Waals surface area contributed by atoms with E-state index in [0.717, 1.165) is 21.9 Å². The highest BCUT2D eigenvalue weighted by Crippen LogP contribution is 2.23. The maximum atomic E-state index is 3.55. The largest absolute Gasteiger partial charge is 0.310 e. The van der Waals surface area contributed by atoms with Gasteiger partial charge in [0.2, 0.25) is 0 Å². The minimum atomic E-state index is 0.488. The highest BCUT2D eigenvalue weighted by molar-refractivity contribution is 9.13. The highest BCUT2D eigenvalue weighted by atomic mass is 79.9. The number of nitrogens with one attached hydrogen (secondary N) is 1. The number of thiophene rings is 1. The second-order valence-electron chi connectivity index (χ2n) is 4.37. The molecular weight excluding hydrogens is 374 g/mol. The minimum Gasteiger partial charge on any atom is -0.310 e. The van der Waals surface area contributed by atoms with Crippen LogP contribution in [0.5, 0.6) is 0 Å². The Hall–Kier alpha value is -0.160. The molecule has 2 rings (SSSR count). The van der Waals surface area contributed by atoms with Crippen LogP contribution in [0, 0.1) is 0 Å². The molecule has 18 heavy (non-hydrogen) atoms. The first-order valence-electron chi connectivity index (χ1n) is 5.83. The van der Waals surface area contributed by atoms with E-state index in [4.69, 9.17) is 0 Å². The van der Waals surface area contributed by atoms with Gasteiger partial charge < -0.3 is 5.32 Å². The van der Waals surface area contributed by atoms with Gasteiger partial charge in [-0.25, -0.2) is 0 Å². The molecule has 0 saturated carbocycles. The van der Waals surface area contributed by atoms with E-state index >= 15 is 0 Å². The molecule has 1 aromatic heterocycles. The Balaban J connectivity index is 1.85. The Morgan fingerprint density at radius 1 is 1.17 bits per heavy atom. The number of halogens is 2. The zero-order valence-electron chi connectivity index (χ0n) is 10.1. The van der Waals surface area contributed by atoms with Crippen LogP contribution in [-0.2, 0) is 13.0 Å². The average molecular weight is 389 g/mol. The van der Waals surface area contributed by atoms with Crippen LogP contribution in [0.2, 0.25) is 0 Å². The van der Waals surface area contributed by atoms with Crippen LogP contribution < -0.4 is 5.32 Å². The summed E-state index contributed by atoms with van der Waals surface area (Å²) in [6.45, 7) is 3.13. The fraction of sp³-hybridized carbons (Fsp3) is 0.286. The smallest absolute Gasteiger partial charge is 0.0320 e. The molecule has 0 fully saturated rings. The summed E-state index contributed by atoms with van der Waals surface area (Å²) in [7, 11) is 0. The maximum Gasteiger partial charge on any atom is 0.0320 e. The van der Waals surface area contributed by atoms with Gasteiger partial charge in [-0.2, -0.15) is 11.3 Å². The van der Waals surface area contributed by atoms with E-state index in [1.54, 1.807) is 11.3 Å². The van der Waals surface area contributed by atoms with E-state index in [2.05, 4.69) is 79.1 Å². The number of hydrogen-bond donors (Lipinski definition) is 1. The normalized spacial score (nSPS) is 12.6. The molecule has 0 radical (unpaired) electrons. The van der Waals surface area contributed by atoms with Gasteiger partial charge in [-0.05, 0) is 85.3 Å². The SMILES string of the molecule is CC(Cc1ccsc1)NCc1ccc(Br)c(Br)c1. The first-order chi connectivity index (χ1) is 8.65. The van der Waals surface area contributed by atoms with E-state index in [0.29, 0.717) is 6.04 Å². The summed E-state index contributed by atoms with van der Waals surface area (Å²) in [6.07, 6.45) is 1.08. The second-order valence-corrected chi connectivity index (χ2v) is 6.85. The van der Waals surface area contributed by atoms with Crippen molar-refractivity contribution in [3.8, 4) is 0 Å². The quantitative estimate of drug-likeness (QED) is 0.760. The molecule has 0 aliphatic rings. The predicted molar refractivity (Wildman–Crippen MR) is 86.2 cm³/mol. The molecule has 1 nitrogen and oxygen atoms in total. The highest BCUT2D eigenvalue weighted by Gasteiger charge is 2.04. The van der Waals surface area contributed by atoms with Crippen molar-refractivity contribution in [1.29, 1.82) is 0 Å². The van der Waals surface area contributed by atoms with Crippen LogP contribution in [0.1, 0.15) is 18.1 Å². The third-order valence-corrected chi connectivity index (χ3v) is 5.37. The van der Waals surface area contributed by atoms with Crippen molar-refractivity contribution in [3.05, 3.63) is 55.1 Å². The van der Waals surface area contributed by atoms with Gasteiger partial charge in [0, 0.05) is 21.5 Å². The van der Waals surface area contributed by atoms with E-state index in [9.17, 15) is 0 Å². The number of rotatable bonds is 5. The molecule has 1 atom stereocenters. The molecular formula is C14H15Br2NS. The summed E-state index contributed by atoms with van der Waals surface area (Å²) in [5, 5.41) is 7.90. The zero-order chi connectivity index (χ0) is 13.0. The van der Waals surface area contributed by atoms with Crippen molar-refractivity contribution >= 4 is 43.2 Å². The lowest BCUT2D eigenvalue weighted by Crippen LogP contribution is -2.27. The van der Waals surface area contributed by atoms with E-state index in [1.165, 1.54) is 11.1 Å². The van der Waals surface area contributed by atoms with Gasteiger partial charge in [-0.3, -0.25) is 0 Å². The van der Waals surface area contributed by atoms with Crippen molar-refractivity contribution in [2.24, 2.45) is 0 Å². The molecule has 0 spiro atoms. The summed E-state index contributed by atoms with van der Waals surface area (Å²) < 4.78 is 2.20. The van der Waals surface area contributed by atoms with Gasteiger partial charge >= 0.3 is 0 Å². The number of benzene rings is 1. The molecule has 0 aliphatic carbocycles. The van der Waals surface area contributed by atoms with Gasteiger partial charge in [-0.15, -0.1) is 0 Å². The Kier molecular flexibility index (Phi) is 5.42. The van der Waals surface area contributed by atoms with Gasteiger partial charge in [0.1, 0.15) is 0 Å². The van der Waals surface area contributed by atoms with Crippen LogP contribution in [0.4, 0.5) is 0 Å². The molecule has 4 heteroatoms. The zero-order valence-corrected chi connectivity index (χ0v) is 14.1.